The van der Waals surface area contributed by atoms with Crippen LogP contribution < -0.4 is 10.1 Å². The number of aryl methyl sites for hydroxylation is 2. The van der Waals surface area contributed by atoms with E-state index in [2.05, 4.69) is 35.0 Å². The maximum Gasteiger partial charge on any atom is 0.249 e. The van der Waals surface area contributed by atoms with Crippen molar-refractivity contribution in [2.24, 2.45) is 0 Å². The van der Waals surface area contributed by atoms with Crippen molar-refractivity contribution in [1.82, 2.24) is 14.9 Å². The standard InChI is InChI=1S/C25H31N3O3/c1-2-19-11-13-20(14-12-19)30-16-6-5-15-28-22-9-4-3-8-21(22)27-24(28)18-26-25(29)23-10-7-17-31-23/h3-4,8-9,11-14,23H,2,5-7,10,15-18H2,1H3,(H,26,29). The van der Waals surface area contributed by atoms with Crippen LogP contribution in [0.2, 0.25) is 0 Å². The molecular weight excluding hydrogens is 390 g/mol. The average molecular weight is 422 g/mol. The SMILES string of the molecule is CCc1ccc(OCCCCn2c(CNC(=O)C3CCCO3)nc3ccccc32)cc1. The molecule has 1 N–H and O–H groups in total. The van der Waals surface area contributed by atoms with E-state index in [1.807, 2.05) is 30.3 Å². The lowest BCUT2D eigenvalue weighted by Crippen LogP contribution is -2.34. The first-order valence-electron chi connectivity index (χ1n) is 11.3. The van der Waals surface area contributed by atoms with Crippen molar-refractivity contribution >= 4 is 16.9 Å². The smallest absolute Gasteiger partial charge is 0.249 e. The van der Waals surface area contributed by atoms with Gasteiger partial charge in [-0.25, -0.2) is 4.98 Å². The number of hydrogen-bond acceptors (Lipinski definition) is 4. The summed E-state index contributed by atoms with van der Waals surface area (Å²) in [7, 11) is 0. The quantitative estimate of drug-likeness (QED) is 0.497. The van der Waals surface area contributed by atoms with Crippen LogP contribution in [0.15, 0.2) is 48.5 Å². The summed E-state index contributed by atoms with van der Waals surface area (Å²) in [6.07, 6.45) is 4.38. The number of carbonyl (C=O) groups is 1. The molecule has 164 valence electrons. The first-order valence-corrected chi connectivity index (χ1v) is 11.3. The summed E-state index contributed by atoms with van der Waals surface area (Å²) in [6, 6.07) is 16.4. The predicted octanol–water partition coefficient (Wildman–Crippen LogP) is 4.25. The zero-order chi connectivity index (χ0) is 21.5. The van der Waals surface area contributed by atoms with Crippen LogP contribution in [0.1, 0.15) is 44.0 Å². The Balaban J connectivity index is 1.32. The number of fused-ring (bicyclic) bond motifs is 1. The second-order valence-electron chi connectivity index (χ2n) is 7.94. The number of imidazole rings is 1. The molecule has 1 fully saturated rings. The molecule has 1 unspecified atom stereocenters. The highest BCUT2D eigenvalue weighted by molar-refractivity contribution is 5.81. The number of nitrogens with zero attached hydrogens (tertiary/aromatic N) is 2. The Kier molecular flexibility index (Phi) is 7.20. The normalized spacial score (nSPS) is 16.0. The number of nitrogens with one attached hydrogen (secondary N) is 1. The fourth-order valence-electron chi connectivity index (χ4n) is 3.96. The summed E-state index contributed by atoms with van der Waals surface area (Å²) >= 11 is 0. The van der Waals surface area contributed by atoms with Crippen LogP contribution in [0, 0.1) is 0 Å². The Hall–Kier alpha value is -2.86. The van der Waals surface area contributed by atoms with Gasteiger partial charge in [0.2, 0.25) is 5.91 Å². The molecule has 6 heteroatoms. The van der Waals surface area contributed by atoms with E-state index in [4.69, 9.17) is 14.5 Å². The van der Waals surface area contributed by atoms with Gasteiger partial charge in [0.1, 0.15) is 17.7 Å². The van der Waals surface area contributed by atoms with Gasteiger partial charge in [0.05, 0.1) is 24.2 Å². The van der Waals surface area contributed by atoms with Crippen LogP contribution >= 0.6 is 0 Å². The van der Waals surface area contributed by atoms with E-state index in [0.717, 1.165) is 61.3 Å². The lowest BCUT2D eigenvalue weighted by molar-refractivity contribution is -0.130. The second kappa shape index (κ2) is 10.4. The van der Waals surface area contributed by atoms with Gasteiger partial charge in [-0.2, -0.15) is 0 Å². The molecule has 2 aromatic carbocycles. The number of rotatable bonds is 10. The van der Waals surface area contributed by atoms with Crippen molar-refractivity contribution in [3.8, 4) is 5.75 Å². The summed E-state index contributed by atoms with van der Waals surface area (Å²) in [4.78, 5) is 17.1. The molecule has 0 saturated carbocycles. The molecule has 0 bridgehead atoms. The highest BCUT2D eigenvalue weighted by Gasteiger charge is 2.23. The maximum atomic E-state index is 12.3. The van der Waals surface area contributed by atoms with Crippen LogP contribution in [0.25, 0.3) is 11.0 Å². The van der Waals surface area contributed by atoms with Gasteiger partial charge in [0.25, 0.3) is 0 Å². The van der Waals surface area contributed by atoms with Crippen molar-refractivity contribution in [2.75, 3.05) is 13.2 Å². The molecule has 0 spiro atoms. The van der Waals surface area contributed by atoms with Crippen molar-refractivity contribution in [2.45, 2.75) is 58.2 Å². The lowest BCUT2D eigenvalue weighted by Gasteiger charge is -2.13. The Labute approximate surface area is 183 Å². The number of ether oxygens (including phenoxy) is 2. The Morgan fingerprint density at radius 2 is 2.03 bits per heavy atom. The molecule has 0 radical (unpaired) electrons. The Morgan fingerprint density at radius 1 is 1.19 bits per heavy atom. The zero-order valence-electron chi connectivity index (χ0n) is 18.2. The van der Waals surface area contributed by atoms with Gasteiger partial charge in [-0.15, -0.1) is 0 Å². The number of amides is 1. The van der Waals surface area contributed by atoms with Crippen LogP contribution in [-0.4, -0.2) is 34.8 Å². The number of benzene rings is 2. The van der Waals surface area contributed by atoms with E-state index in [9.17, 15) is 4.79 Å². The third kappa shape index (κ3) is 5.44. The molecule has 4 rings (SSSR count). The average Bonchev–Trinajstić information content (AvgIpc) is 3.46. The molecular formula is C25H31N3O3. The topological polar surface area (TPSA) is 65.4 Å². The lowest BCUT2D eigenvalue weighted by atomic mass is 10.2. The van der Waals surface area contributed by atoms with Crippen LogP contribution in [0.4, 0.5) is 0 Å². The fraction of sp³-hybridized carbons (Fsp3) is 0.440. The molecule has 31 heavy (non-hydrogen) atoms. The Bertz CT molecular complexity index is 991. The van der Waals surface area contributed by atoms with E-state index >= 15 is 0 Å². The van der Waals surface area contributed by atoms with E-state index < -0.39 is 0 Å². The van der Waals surface area contributed by atoms with E-state index in [1.54, 1.807) is 0 Å². The monoisotopic (exact) mass is 421 g/mol. The van der Waals surface area contributed by atoms with Crippen molar-refractivity contribution in [1.29, 1.82) is 0 Å². The molecule has 1 aliphatic rings. The van der Waals surface area contributed by atoms with Crippen LogP contribution in [0.5, 0.6) is 5.75 Å². The van der Waals surface area contributed by atoms with Gasteiger partial charge in [-0.3, -0.25) is 4.79 Å². The summed E-state index contributed by atoms with van der Waals surface area (Å²) < 4.78 is 13.6. The van der Waals surface area contributed by atoms with Gasteiger partial charge < -0.3 is 19.4 Å². The van der Waals surface area contributed by atoms with Gasteiger partial charge in [0, 0.05) is 13.2 Å². The minimum absolute atomic E-state index is 0.0430. The fourth-order valence-corrected chi connectivity index (χ4v) is 3.96. The highest BCUT2D eigenvalue weighted by Crippen LogP contribution is 2.18. The largest absolute Gasteiger partial charge is 0.494 e. The molecule has 1 aliphatic heterocycles. The van der Waals surface area contributed by atoms with Crippen molar-refractivity contribution in [3.05, 3.63) is 59.9 Å². The third-order valence-corrected chi connectivity index (χ3v) is 5.75. The minimum atomic E-state index is -0.318. The third-order valence-electron chi connectivity index (χ3n) is 5.75. The molecule has 0 aliphatic carbocycles. The molecule has 3 aromatic rings. The molecule has 1 aromatic heterocycles. The van der Waals surface area contributed by atoms with Gasteiger partial charge in [-0.1, -0.05) is 31.2 Å². The Morgan fingerprint density at radius 3 is 2.81 bits per heavy atom. The number of aromatic nitrogens is 2. The number of unbranched alkanes of at least 4 members (excludes halogenated alkanes) is 1. The van der Waals surface area contributed by atoms with Crippen LogP contribution in [0.3, 0.4) is 0 Å². The number of carbonyl (C=O) groups excluding carboxylic acids is 1. The molecule has 2 heterocycles. The summed E-state index contributed by atoms with van der Waals surface area (Å²) in [6.45, 7) is 4.75. The van der Waals surface area contributed by atoms with Gasteiger partial charge >= 0.3 is 0 Å². The first kappa shape index (κ1) is 21.4. The molecule has 1 amide bonds. The summed E-state index contributed by atoms with van der Waals surface area (Å²) in [5.74, 6) is 1.75. The van der Waals surface area contributed by atoms with E-state index in [1.165, 1.54) is 5.56 Å². The number of para-hydroxylation sites is 2. The molecule has 6 nitrogen and oxygen atoms in total. The number of hydrogen-bond donors (Lipinski definition) is 1. The molecule has 1 saturated heterocycles. The van der Waals surface area contributed by atoms with Gasteiger partial charge in [-0.05, 0) is 61.9 Å². The van der Waals surface area contributed by atoms with Crippen molar-refractivity contribution in [3.63, 3.8) is 0 Å². The maximum absolute atomic E-state index is 12.3. The van der Waals surface area contributed by atoms with Gasteiger partial charge in [0.15, 0.2) is 0 Å². The van der Waals surface area contributed by atoms with Crippen LogP contribution in [-0.2, 0) is 29.0 Å². The second-order valence-corrected chi connectivity index (χ2v) is 7.94. The van der Waals surface area contributed by atoms with Crippen molar-refractivity contribution < 1.29 is 14.3 Å². The highest BCUT2D eigenvalue weighted by atomic mass is 16.5. The summed E-state index contributed by atoms with van der Waals surface area (Å²) in [5, 5.41) is 3.00. The molecule has 1 atom stereocenters. The minimum Gasteiger partial charge on any atom is -0.494 e. The summed E-state index contributed by atoms with van der Waals surface area (Å²) in [5.41, 5.74) is 3.37. The predicted molar refractivity (Wildman–Crippen MR) is 121 cm³/mol. The van der Waals surface area contributed by atoms with E-state index in [0.29, 0.717) is 19.8 Å². The zero-order valence-corrected chi connectivity index (χ0v) is 18.2. The van der Waals surface area contributed by atoms with E-state index in [-0.39, 0.29) is 12.0 Å². The first-order chi connectivity index (χ1) is 15.2.